The molecule has 0 radical (unpaired) electrons. The van der Waals surface area contributed by atoms with Crippen LogP contribution in [0.1, 0.15) is 5.56 Å². The van der Waals surface area contributed by atoms with E-state index in [2.05, 4.69) is 5.32 Å². The van der Waals surface area contributed by atoms with Gasteiger partial charge in [0.05, 0.1) is 6.07 Å². The summed E-state index contributed by atoms with van der Waals surface area (Å²) in [5.41, 5.74) is 1.06. The first kappa shape index (κ1) is 11.1. The van der Waals surface area contributed by atoms with Crippen molar-refractivity contribution in [1.82, 2.24) is 10.2 Å². The van der Waals surface area contributed by atoms with E-state index in [9.17, 15) is 4.79 Å². The number of nitrogens with zero attached hydrogens (tertiary/aromatic N) is 2. The molecule has 0 saturated heterocycles. The number of rotatable bonds is 3. The molecule has 0 heterocycles. The molecule has 4 heteroatoms. The van der Waals surface area contributed by atoms with E-state index in [1.807, 2.05) is 36.4 Å². The molecule has 1 rings (SSSR count). The molecule has 78 valence electrons. The van der Waals surface area contributed by atoms with Crippen molar-refractivity contribution < 1.29 is 4.79 Å². The molecule has 15 heavy (non-hydrogen) atoms. The summed E-state index contributed by atoms with van der Waals surface area (Å²) in [6.45, 7) is 0.579. The van der Waals surface area contributed by atoms with Gasteiger partial charge in [0.1, 0.15) is 6.54 Å². The van der Waals surface area contributed by atoms with E-state index in [0.29, 0.717) is 6.54 Å². The van der Waals surface area contributed by atoms with E-state index in [1.165, 1.54) is 4.90 Å². The summed E-state index contributed by atoms with van der Waals surface area (Å²) in [5, 5.41) is 10.8. The first-order valence-corrected chi connectivity index (χ1v) is 4.64. The maximum absolute atomic E-state index is 11.4. The SMILES string of the molecule is CN(Cc1ccccc1)C(=O)NCC#N. The summed E-state index contributed by atoms with van der Waals surface area (Å²) in [6.07, 6.45) is 0. The second-order valence-electron chi connectivity index (χ2n) is 3.16. The number of hydrogen-bond acceptors (Lipinski definition) is 2. The molecular formula is C11H13N3O. The lowest BCUT2D eigenvalue weighted by Gasteiger charge is -2.16. The first-order valence-electron chi connectivity index (χ1n) is 4.64. The van der Waals surface area contributed by atoms with Crippen LogP contribution in [0.4, 0.5) is 4.79 Å². The number of hydrogen-bond donors (Lipinski definition) is 1. The van der Waals surface area contributed by atoms with Crippen LogP contribution in [-0.4, -0.2) is 24.5 Å². The van der Waals surface area contributed by atoms with Crippen LogP contribution in [0.2, 0.25) is 0 Å². The van der Waals surface area contributed by atoms with Crippen LogP contribution in [0.25, 0.3) is 0 Å². The number of carbonyl (C=O) groups is 1. The largest absolute Gasteiger partial charge is 0.325 e. The normalized spacial score (nSPS) is 9.07. The van der Waals surface area contributed by atoms with Gasteiger partial charge in [-0.05, 0) is 5.56 Å². The predicted octanol–water partition coefficient (Wildman–Crippen LogP) is 1.35. The second-order valence-corrected chi connectivity index (χ2v) is 3.16. The van der Waals surface area contributed by atoms with Gasteiger partial charge in [0.2, 0.25) is 0 Å². The zero-order valence-electron chi connectivity index (χ0n) is 8.60. The topological polar surface area (TPSA) is 56.1 Å². The molecule has 1 aromatic carbocycles. The Morgan fingerprint density at radius 1 is 1.47 bits per heavy atom. The number of nitriles is 1. The van der Waals surface area contributed by atoms with Crippen LogP contribution < -0.4 is 5.32 Å². The number of amides is 2. The van der Waals surface area contributed by atoms with E-state index in [4.69, 9.17) is 5.26 Å². The molecule has 1 aromatic rings. The summed E-state index contributed by atoms with van der Waals surface area (Å²) in [7, 11) is 1.69. The van der Waals surface area contributed by atoms with E-state index in [-0.39, 0.29) is 12.6 Å². The first-order chi connectivity index (χ1) is 7.24. The van der Waals surface area contributed by atoms with Crippen LogP contribution in [0, 0.1) is 11.3 Å². The summed E-state index contributed by atoms with van der Waals surface area (Å²) in [4.78, 5) is 12.9. The molecule has 0 aliphatic heterocycles. The Hall–Kier alpha value is -2.02. The monoisotopic (exact) mass is 203 g/mol. The molecule has 0 bridgehead atoms. The van der Waals surface area contributed by atoms with Crippen molar-refractivity contribution in [3.63, 3.8) is 0 Å². The molecule has 2 amide bonds. The maximum atomic E-state index is 11.4. The van der Waals surface area contributed by atoms with Gasteiger partial charge in [0.25, 0.3) is 0 Å². The van der Waals surface area contributed by atoms with Crippen molar-refractivity contribution in [2.75, 3.05) is 13.6 Å². The van der Waals surface area contributed by atoms with E-state index >= 15 is 0 Å². The molecule has 4 nitrogen and oxygen atoms in total. The number of urea groups is 1. The van der Waals surface area contributed by atoms with Gasteiger partial charge in [-0.3, -0.25) is 0 Å². The molecule has 0 saturated carbocycles. The smallest absolute Gasteiger partial charge is 0.318 e. The third-order valence-corrected chi connectivity index (χ3v) is 1.93. The van der Waals surface area contributed by atoms with Gasteiger partial charge in [0.15, 0.2) is 0 Å². The molecule has 0 aromatic heterocycles. The van der Waals surface area contributed by atoms with Crippen LogP contribution in [0.3, 0.4) is 0 Å². The predicted molar refractivity (Wildman–Crippen MR) is 56.9 cm³/mol. The fourth-order valence-corrected chi connectivity index (χ4v) is 1.18. The Morgan fingerprint density at radius 3 is 2.73 bits per heavy atom. The number of carbonyl (C=O) groups excluding carboxylic acids is 1. The van der Waals surface area contributed by atoms with Crippen molar-refractivity contribution >= 4 is 6.03 Å². The fourth-order valence-electron chi connectivity index (χ4n) is 1.18. The Kier molecular flexibility index (Phi) is 4.17. The summed E-state index contributed by atoms with van der Waals surface area (Å²) in [6, 6.07) is 11.3. The van der Waals surface area contributed by atoms with Crippen LogP contribution in [0.5, 0.6) is 0 Å². The minimum absolute atomic E-state index is 0.0396. The maximum Gasteiger partial charge on any atom is 0.318 e. The van der Waals surface area contributed by atoms with Crippen LogP contribution >= 0.6 is 0 Å². The number of nitrogens with one attached hydrogen (secondary N) is 1. The molecule has 1 N–H and O–H groups in total. The van der Waals surface area contributed by atoms with Gasteiger partial charge in [0, 0.05) is 13.6 Å². The molecular weight excluding hydrogens is 190 g/mol. The minimum atomic E-state index is -0.236. The fraction of sp³-hybridized carbons (Fsp3) is 0.273. The molecule has 0 spiro atoms. The number of benzene rings is 1. The summed E-state index contributed by atoms with van der Waals surface area (Å²) < 4.78 is 0. The van der Waals surface area contributed by atoms with Gasteiger partial charge >= 0.3 is 6.03 Å². The van der Waals surface area contributed by atoms with Crippen molar-refractivity contribution in [3.8, 4) is 6.07 Å². The molecule has 0 unspecified atom stereocenters. The second kappa shape index (κ2) is 5.66. The highest BCUT2D eigenvalue weighted by atomic mass is 16.2. The summed E-state index contributed by atoms with van der Waals surface area (Å²) >= 11 is 0. The lowest BCUT2D eigenvalue weighted by molar-refractivity contribution is 0.208. The highest BCUT2D eigenvalue weighted by Crippen LogP contribution is 2.02. The average molecular weight is 203 g/mol. The zero-order valence-corrected chi connectivity index (χ0v) is 8.60. The Bertz CT molecular complexity index is 356. The standard InChI is InChI=1S/C11H13N3O/c1-14(11(15)13-8-7-12)9-10-5-3-2-4-6-10/h2-6H,8-9H2,1H3,(H,13,15). The van der Waals surface area contributed by atoms with Gasteiger partial charge in [-0.1, -0.05) is 30.3 Å². The third kappa shape index (κ3) is 3.69. The molecule has 0 aliphatic rings. The van der Waals surface area contributed by atoms with Gasteiger partial charge in [-0.15, -0.1) is 0 Å². The highest BCUT2D eigenvalue weighted by Gasteiger charge is 2.06. The average Bonchev–Trinajstić information content (AvgIpc) is 2.27. The summed E-state index contributed by atoms with van der Waals surface area (Å²) in [5.74, 6) is 0. The Morgan fingerprint density at radius 2 is 2.13 bits per heavy atom. The highest BCUT2D eigenvalue weighted by molar-refractivity contribution is 5.74. The Balaban J connectivity index is 2.46. The van der Waals surface area contributed by atoms with Gasteiger partial charge in [-0.2, -0.15) is 5.26 Å². The van der Waals surface area contributed by atoms with Crippen molar-refractivity contribution in [2.24, 2.45) is 0 Å². The van der Waals surface area contributed by atoms with E-state index in [1.54, 1.807) is 7.05 Å². The Labute approximate surface area is 89.1 Å². The zero-order chi connectivity index (χ0) is 11.1. The molecule has 0 aliphatic carbocycles. The van der Waals surface area contributed by atoms with E-state index in [0.717, 1.165) is 5.56 Å². The third-order valence-electron chi connectivity index (χ3n) is 1.93. The van der Waals surface area contributed by atoms with Crippen molar-refractivity contribution in [3.05, 3.63) is 35.9 Å². The minimum Gasteiger partial charge on any atom is -0.325 e. The van der Waals surface area contributed by atoms with Crippen molar-refractivity contribution in [1.29, 1.82) is 5.26 Å². The molecule has 0 fully saturated rings. The van der Waals surface area contributed by atoms with Gasteiger partial charge in [-0.25, -0.2) is 4.79 Å². The van der Waals surface area contributed by atoms with Crippen LogP contribution in [-0.2, 0) is 6.54 Å². The lowest BCUT2D eigenvalue weighted by atomic mass is 10.2. The van der Waals surface area contributed by atoms with Crippen LogP contribution in [0.15, 0.2) is 30.3 Å². The molecule has 0 atom stereocenters. The van der Waals surface area contributed by atoms with Gasteiger partial charge < -0.3 is 10.2 Å². The van der Waals surface area contributed by atoms with E-state index < -0.39 is 0 Å². The van der Waals surface area contributed by atoms with Crippen molar-refractivity contribution in [2.45, 2.75) is 6.54 Å². The quantitative estimate of drug-likeness (QED) is 0.754. The lowest BCUT2D eigenvalue weighted by Crippen LogP contribution is -2.36.